The Balaban J connectivity index is 1.86. The summed E-state index contributed by atoms with van der Waals surface area (Å²) in [5.41, 5.74) is 0.889. The molecule has 128 valence electrons. The summed E-state index contributed by atoms with van der Waals surface area (Å²) >= 11 is 0. The molecule has 0 unspecified atom stereocenters. The molecule has 0 radical (unpaired) electrons. The van der Waals surface area contributed by atoms with Gasteiger partial charge in [0.15, 0.2) is 0 Å². The molecule has 2 aromatic carbocycles. The van der Waals surface area contributed by atoms with E-state index in [0.29, 0.717) is 6.54 Å². The van der Waals surface area contributed by atoms with E-state index in [1.807, 2.05) is 30.3 Å². The van der Waals surface area contributed by atoms with Crippen LogP contribution in [0.4, 0.5) is 4.39 Å². The summed E-state index contributed by atoms with van der Waals surface area (Å²) in [6.07, 6.45) is 2.51. The molecular formula is C17H19FN2O3S. The number of benzene rings is 2. The van der Waals surface area contributed by atoms with Crippen LogP contribution in [0.1, 0.15) is 28.8 Å². The maximum Gasteiger partial charge on any atom is 0.254 e. The first-order valence-electron chi connectivity index (χ1n) is 7.52. The number of amides is 1. The minimum Gasteiger partial charge on any atom is -0.352 e. The number of hydrogen-bond donors (Lipinski definition) is 2. The van der Waals surface area contributed by atoms with E-state index in [4.69, 9.17) is 5.14 Å². The average molecular weight is 350 g/mol. The number of aryl methyl sites for hydroxylation is 1. The van der Waals surface area contributed by atoms with Crippen molar-refractivity contribution in [2.45, 2.75) is 24.2 Å². The molecule has 24 heavy (non-hydrogen) atoms. The summed E-state index contributed by atoms with van der Waals surface area (Å²) in [5, 5.41) is 7.58. The Bertz CT molecular complexity index is 808. The molecule has 0 fully saturated rings. The lowest BCUT2D eigenvalue weighted by molar-refractivity contribution is 0.0948. The summed E-state index contributed by atoms with van der Waals surface area (Å²) in [4.78, 5) is 11.7. The minimum atomic E-state index is -3.98. The fourth-order valence-corrected chi connectivity index (χ4v) is 2.79. The molecule has 2 rings (SSSR count). The zero-order valence-corrected chi connectivity index (χ0v) is 13.9. The molecule has 0 bridgehead atoms. The van der Waals surface area contributed by atoms with E-state index in [-0.39, 0.29) is 10.5 Å². The first-order valence-corrected chi connectivity index (χ1v) is 9.07. The molecule has 3 N–H and O–H groups in total. The Kier molecular flexibility index (Phi) is 6.05. The maximum atomic E-state index is 13.7. The van der Waals surface area contributed by atoms with Crippen molar-refractivity contribution >= 4 is 15.9 Å². The van der Waals surface area contributed by atoms with Crippen LogP contribution in [0.5, 0.6) is 0 Å². The summed E-state index contributed by atoms with van der Waals surface area (Å²) in [6, 6.07) is 12.9. The van der Waals surface area contributed by atoms with E-state index in [0.717, 1.165) is 37.5 Å². The fourth-order valence-electron chi connectivity index (χ4n) is 2.25. The summed E-state index contributed by atoms with van der Waals surface area (Å²) < 4.78 is 36.3. The Hall–Kier alpha value is -2.25. The lowest BCUT2D eigenvalue weighted by Crippen LogP contribution is -2.26. The van der Waals surface area contributed by atoms with Crippen molar-refractivity contribution in [3.63, 3.8) is 0 Å². The number of primary sulfonamides is 1. The number of sulfonamides is 1. The molecule has 0 atom stereocenters. The number of unbranched alkanes of at least 4 members (excludes halogenated alkanes) is 1. The second-order valence-electron chi connectivity index (χ2n) is 5.39. The Morgan fingerprint density at radius 2 is 1.79 bits per heavy atom. The molecule has 0 spiro atoms. The van der Waals surface area contributed by atoms with Gasteiger partial charge in [-0.1, -0.05) is 30.3 Å². The quantitative estimate of drug-likeness (QED) is 0.751. The van der Waals surface area contributed by atoms with Gasteiger partial charge in [0.2, 0.25) is 10.0 Å². The molecule has 1 amide bonds. The zero-order chi connectivity index (χ0) is 17.6. The predicted molar refractivity (Wildman–Crippen MR) is 89.5 cm³/mol. The summed E-state index contributed by atoms with van der Waals surface area (Å²) in [7, 11) is -3.98. The highest BCUT2D eigenvalue weighted by Crippen LogP contribution is 2.14. The van der Waals surface area contributed by atoms with Gasteiger partial charge in [0, 0.05) is 6.54 Å². The Labute approximate surface area is 140 Å². The molecule has 7 heteroatoms. The monoisotopic (exact) mass is 350 g/mol. The lowest BCUT2D eigenvalue weighted by atomic mass is 10.1. The van der Waals surface area contributed by atoms with Crippen molar-refractivity contribution in [1.82, 2.24) is 5.32 Å². The molecule has 0 saturated heterocycles. The highest BCUT2D eigenvalue weighted by Gasteiger charge is 2.16. The molecule has 0 aliphatic heterocycles. The van der Waals surface area contributed by atoms with E-state index in [2.05, 4.69) is 5.32 Å². The van der Waals surface area contributed by atoms with Crippen molar-refractivity contribution in [2.24, 2.45) is 5.14 Å². The van der Waals surface area contributed by atoms with Gasteiger partial charge in [0.05, 0.1) is 10.5 Å². The zero-order valence-electron chi connectivity index (χ0n) is 13.0. The van der Waals surface area contributed by atoms with Crippen LogP contribution < -0.4 is 10.5 Å². The van der Waals surface area contributed by atoms with Crippen LogP contribution in [-0.4, -0.2) is 20.9 Å². The second kappa shape index (κ2) is 8.03. The van der Waals surface area contributed by atoms with Crippen molar-refractivity contribution < 1.29 is 17.6 Å². The van der Waals surface area contributed by atoms with Crippen LogP contribution in [0, 0.1) is 5.82 Å². The van der Waals surface area contributed by atoms with E-state index in [9.17, 15) is 17.6 Å². The predicted octanol–water partition coefficient (Wildman–Crippen LogP) is 2.23. The largest absolute Gasteiger partial charge is 0.352 e. The van der Waals surface area contributed by atoms with Gasteiger partial charge in [0.25, 0.3) is 5.91 Å². The number of nitrogens with two attached hydrogens (primary N) is 1. The van der Waals surface area contributed by atoms with Crippen molar-refractivity contribution in [1.29, 1.82) is 0 Å². The normalized spacial score (nSPS) is 11.2. The number of carbonyl (C=O) groups excluding carboxylic acids is 1. The summed E-state index contributed by atoms with van der Waals surface area (Å²) in [5.74, 6) is -1.44. The first-order chi connectivity index (χ1) is 11.4. The topological polar surface area (TPSA) is 89.3 Å². The third kappa shape index (κ3) is 5.14. The summed E-state index contributed by atoms with van der Waals surface area (Å²) in [6.45, 7) is 0.380. The molecule has 5 nitrogen and oxygen atoms in total. The molecular weight excluding hydrogens is 331 g/mol. The third-order valence-electron chi connectivity index (χ3n) is 3.53. The van der Waals surface area contributed by atoms with Gasteiger partial charge in [-0.25, -0.2) is 17.9 Å². The first kappa shape index (κ1) is 18.1. The number of hydrogen-bond acceptors (Lipinski definition) is 3. The highest BCUT2D eigenvalue weighted by molar-refractivity contribution is 7.89. The van der Waals surface area contributed by atoms with Gasteiger partial charge < -0.3 is 5.32 Å². The molecule has 0 saturated carbocycles. The second-order valence-corrected chi connectivity index (χ2v) is 6.95. The van der Waals surface area contributed by atoms with Gasteiger partial charge in [0.1, 0.15) is 5.82 Å². The van der Waals surface area contributed by atoms with Gasteiger partial charge in [-0.2, -0.15) is 0 Å². The van der Waals surface area contributed by atoms with Crippen molar-refractivity contribution in [3.05, 3.63) is 65.5 Å². The van der Waals surface area contributed by atoms with Crippen LogP contribution in [-0.2, 0) is 16.4 Å². The van der Waals surface area contributed by atoms with Gasteiger partial charge in [-0.15, -0.1) is 0 Å². The number of rotatable bonds is 7. The van der Waals surface area contributed by atoms with Gasteiger partial charge in [-0.3, -0.25) is 4.79 Å². The Morgan fingerprint density at radius 1 is 1.08 bits per heavy atom. The van der Waals surface area contributed by atoms with E-state index in [1.165, 1.54) is 5.56 Å². The van der Waals surface area contributed by atoms with Gasteiger partial charge >= 0.3 is 0 Å². The van der Waals surface area contributed by atoms with E-state index >= 15 is 0 Å². The van der Waals surface area contributed by atoms with Crippen LogP contribution in [0.3, 0.4) is 0 Å². The van der Waals surface area contributed by atoms with Crippen LogP contribution in [0.15, 0.2) is 53.4 Å². The number of halogens is 1. The molecule has 0 aliphatic rings. The molecule has 0 aromatic heterocycles. The maximum absolute atomic E-state index is 13.7. The fraction of sp³-hybridized carbons (Fsp3) is 0.235. The van der Waals surface area contributed by atoms with E-state index < -0.39 is 21.7 Å². The SMILES string of the molecule is NS(=O)(=O)c1ccc(F)c(C(=O)NCCCCc2ccccc2)c1. The van der Waals surface area contributed by atoms with Crippen LogP contribution >= 0.6 is 0 Å². The Morgan fingerprint density at radius 3 is 2.46 bits per heavy atom. The lowest BCUT2D eigenvalue weighted by Gasteiger charge is -2.08. The number of carbonyl (C=O) groups is 1. The minimum absolute atomic E-state index is 0.293. The molecule has 0 aliphatic carbocycles. The van der Waals surface area contributed by atoms with Gasteiger partial charge in [-0.05, 0) is 43.0 Å². The van der Waals surface area contributed by atoms with E-state index in [1.54, 1.807) is 0 Å². The average Bonchev–Trinajstić information content (AvgIpc) is 2.54. The third-order valence-corrected chi connectivity index (χ3v) is 4.44. The standard InChI is InChI=1S/C17H19FN2O3S/c18-16-10-9-14(24(19,22)23)12-15(16)17(21)20-11-5-4-8-13-6-2-1-3-7-13/h1-3,6-7,9-10,12H,4-5,8,11H2,(H,20,21)(H2,19,22,23). The molecule has 0 heterocycles. The van der Waals surface area contributed by atoms with Crippen molar-refractivity contribution in [3.8, 4) is 0 Å². The molecule has 2 aromatic rings. The van der Waals surface area contributed by atoms with Crippen LogP contribution in [0.2, 0.25) is 0 Å². The number of nitrogens with one attached hydrogen (secondary N) is 1. The highest BCUT2D eigenvalue weighted by atomic mass is 32.2. The smallest absolute Gasteiger partial charge is 0.254 e. The van der Waals surface area contributed by atoms with Crippen molar-refractivity contribution in [2.75, 3.05) is 6.54 Å². The van der Waals surface area contributed by atoms with Crippen LogP contribution in [0.25, 0.3) is 0 Å².